The number of rotatable bonds is 3. The Hall–Kier alpha value is -1.46. The second-order valence-electron chi connectivity index (χ2n) is 3.95. The lowest BCUT2D eigenvalue weighted by atomic mass is 10.2. The normalized spacial score (nSPS) is 11.5. The SMILES string of the molecule is O=S(=O)(Cc1cc(F)ccc1Cl)c1cccc(F)c1. The third-order valence-corrected chi connectivity index (χ3v) is 4.54. The van der Waals surface area contributed by atoms with E-state index in [0.29, 0.717) is 0 Å². The van der Waals surface area contributed by atoms with E-state index in [9.17, 15) is 17.2 Å². The van der Waals surface area contributed by atoms with Gasteiger partial charge in [-0.05, 0) is 42.0 Å². The molecular formula is C13H9ClF2O2S. The Morgan fingerprint density at radius 3 is 2.37 bits per heavy atom. The zero-order chi connectivity index (χ0) is 14.0. The van der Waals surface area contributed by atoms with Gasteiger partial charge in [-0.2, -0.15) is 0 Å². The summed E-state index contributed by atoms with van der Waals surface area (Å²) >= 11 is 5.82. The van der Waals surface area contributed by atoms with Crippen molar-refractivity contribution in [3.8, 4) is 0 Å². The largest absolute Gasteiger partial charge is 0.223 e. The highest BCUT2D eigenvalue weighted by molar-refractivity contribution is 7.90. The first-order valence-corrected chi connectivity index (χ1v) is 7.34. The van der Waals surface area contributed by atoms with Crippen molar-refractivity contribution in [2.75, 3.05) is 0 Å². The fourth-order valence-electron chi connectivity index (χ4n) is 1.60. The molecule has 0 heterocycles. The van der Waals surface area contributed by atoms with Gasteiger partial charge in [-0.15, -0.1) is 0 Å². The van der Waals surface area contributed by atoms with Crippen LogP contribution in [0.1, 0.15) is 5.56 Å². The first kappa shape index (κ1) is 14.0. The third-order valence-electron chi connectivity index (χ3n) is 2.51. The molecule has 6 heteroatoms. The second-order valence-corrected chi connectivity index (χ2v) is 6.35. The molecule has 2 rings (SSSR count). The minimum Gasteiger partial charge on any atom is -0.223 e. The number of halogens is 3. The van der Waals surface area contributed by atoms with E-state index in [2.05, 4.69) is 0 Å². The summed E-state index contributed by atoms with van der Waals surface area (Å²) in [7, 11) is -3.77. The Kier molecular flexibility index (Phi) is 3.87. The molecule has 0 bridgehead atoms. The zero-order valence-corrected chi connectivity index (χ0v) is 11.2. The van der Waals surface area contributed by atoms with Crippen molar-refractivity contribution in [2.24, 2.45) is 0 Å². The monoisotopic (exact) mass is 302 g/mol. The molecular weight excluding hydrogens is 294 g/mol. The summed E-state index contributed by atoms with van der Waals surface area (Å²) in [5, 5.41) is 0.154. The van der Waals surface area contributed by atoms with Crippen LogP contribution in [0.2, 0.25) is 5.02 Å². The van der Waals surface area contributed by atoms with Gasteiger partial charge in [0.1, 0.15) is 11.6 Å². The van der Waals surface area contributed by atoms with Crippen molar-refractivity contribution in [2.45, 2.75) is 10.6 Å². The predicted octanol–water partition coefficient (Wildman–Crippen LogP) is 3.59. The molecule has 0 N–H and O–H groups in total. The standard InChI is InChI=1S/C13H9ClF2O2S/c14-13-5-4-11(16)6-9(13)8-19(17,18)12-3-1-2-10(15)7-12/h1-7H,8H2. The first-order chi connectivity index (χ1) is 8.88. The quantitative estimate of drug-likeness (QED) is 0.868. The van der Waals surface area contributed by atoms with Gasteiger partial charge in [0.15, 0.2) is 9.84 Å². The van der Waals surface area contributed by atoms with Crippen LogP contribution in [0.15, 0.2) is 47.4 Å². The number of sulfone groups is 1. The molecule has 2 nitrogen and oxygen atoms in total. The van der Waals surface area contributed by atoms with Gasteiger partial charge in [0, 0.05) is 5.02 Å². The molecule has 0 saturated carbocycles. The van der Waals surface area contributed by atoms with E-state index in [1.54, 1.807) is 0 Å². The molecule has 0 spiro atoms. The molecule has 0 amide bonds. The molecule has 19 heavy (non-hydrogen) atoms. The van der Waals surface area contributed by atoms with E-state index in [4.69, 9.17) is 11.6 Å². The number of hydrogen-bond donors (Lipinski definition) is 0. The van der Waals surface area contributed by atoms with Gasteiger partial charge in [0.2, 0.25) is 0 Å². The Bertz CT molecular complexity index is 714. The fraction of sp³-hybridized carbons (Fsp3) is 0.0769. The van der Waals surface area contributed by atoms with Crippen molar-refractivity contribution in [1.82, 2.24) is 0 Å². The van der Waals surface area contributed by atoms with E-state index >= 15 is 0 Å². The molecule has 100 valence electrons. The van der Waals surface area contributed by atoms with Crippen LogP contribution in [0, 0.1) is 11.6 Å². The minimum atomic E-state index is -3.77. The van der Waals surface area contributed by atoms with Gasteiger partial charge in [-0.3, -0.25) is 0 Å². The molecule has 0 unspecified atom stereocenters. The van der Waals surface area contributed by atoms with E-state index in [-0.39, 0.29) is 15.5 Å². The molecule has 0 saturated heterocycles. The summed E-state index contributed by atoms with van der Waals surface area (Å²) in [5.74, 6) is -1.70. The molecule has 2 aromatic rings. The minimum absolute atomic E-state index is 0.144. The van der Waals surface area contributed by atoms with Crippen molar-refractivity contribution in [1.29, 1.82) is 0 Å². The topological polar surface area (TPSA) is 34.1 Å². The molecule has 0 aliphatic carbocycles. The van der Waals surface area contributed by atoms with Gasteiger partial charge in [0.05, 0.1) is 10.6 Å². The maximum absolute atomic E-state index is 13.1. The summed E-state index contributed by atoms with van der Waals surface area (Å²) in [6, 6.07) is 8.13. The van der Waals surface area contributed by atoms with Crippen molar-refractivity contribution in [3.05, 3.63) is 64.7 Å². The summed E-state index contributed by atoms with van der Waals surface area (Å²) in [4.78, 5) is -0.159. The van der Waals surface area contributed by atoms with E-state index in [1.165, 1.54) is 18.2 Å². The lowest BCUT2D eigenvalue weighted by molar-refractivity contribution is 0.589. The highest BCUT2D eigenvalue weighted by Gasteiger charge is 2.18. The van der Waals surface area contributed by atoms with Gasteiger partial charge in [-0.25, -0.2) is 17.2 Å². The number of benzene rings is 2. The molecule has 2 aromatic carbocycles. The van der Waals surface area contributed by atoms with Crippen molar-refractivity contribution >= 4 is 21.4 Å². The maximum Gasteiger partial charge on any atom is 0.182 e. The summed E-state index contributed by atoms with van der Waals surface area (Å²) in [5.41, 5.74) is 0.144. The Labute approximate surface area is 114 Å². The van der Waals surface area contributed by atoms with Crippen LogP contribution in [0.4, 0.5) is 8.78 Å². The molecule has 0 aliphatic heterocycles. The van der Waals surface area contributed by atoms with Crippen molar-refractivity contribution in [3.63, 3.8) is 0 Å². The Balaban J connectivity index is 2.39. The zero-order valence-electron chi connectivity index (χ0n) is 9.61. The molecule has 0 aliphatic rings. The van der Waals surface area contributed by atoms with Gasteiger partial charge in [0.25, 0.3) is 0 Å². The third kappa shape index (κ3) is 3.30. The smallest absolute Gasteiger partial charge is 0.182 e. The summed E-state index contributed by atoms with van der Waals surface area (Å²) in [6.07, 6.45) is 0. The maximum atomic E-state index is 13.1. The Morgan fingerprint density at radius 2 is 1.68 bits per heavy atom. The lowest BCUT2D eigenvalue weighted by Gasteiger charge is -2.06. The van der Waals surface area contributed by atoms with Gasteiger partial charge >= 0.3 is 0 Å². The van der Waals surface area contributed by atoms with Crippen LogP contribution in [0.3, 0.4) is 0 Å². The average Bonchev–Trinajstić information content (AvgIpc) is 2.33. The van der Waals surface area contributed by atoms with Crippen LogP contribution in [-0.2, 0) is 15.6 Å². The Morgan fingerprint density at radius 1 is 1.00 bits per heavy atom. The van der Waals surface area contributed by atoms with Crippen molar-refractivity contribution < 1.29 is 17.2 Å². The highest BCUT2D eigenvalue weighted by atomic mass is 35.5. The van der Waals surface area contributed by atoms with Crippen LogP contribution in [0.5, 0.6) is 0 Å². The summed E-state index contributed by atoms with van der Waals surface area (Å²) in [6.45, 7) is 0. The fourth-order valence-corrected chi connectivity index (χ4v) is 3.26. The lowest BCUT2D eigenvalue weighted by Crippen LogP contribution is -2.06. The summed E-state index contributed by atoms with van der Waals surface area (Å²) < 4.78 is 50.2. The number of hydrogen-bond acceptors (Lipinski definition) is 2. The molecule has 0 aromatic heterocycles. The van der Waals surface area contributed by atoms with Crippen LogP contribution in [-0.4, -0.2) is 8.42 Å². The van der Waals surface area contributed by atoms with E-state index in [1.807, 2.05) is 0 Å². The molecule has 0 atom stereocenters. The van der Waals surface area contributed by atoms with Gasteiger partial charge < -0.3 is 0 Å². The van der Waals surface area contributed by atoms with Crippen LogP contribution in [0.25, 0.3) is 0 Å². The first-order valence-electron chi connectivity index (χ1n) is 5.31. The molecule has 0 fully saturated rings. The van der Waals surface area contributed by atoms with Crippen LogP contribution < -0.4 is 0 Å². The average molecular weight is 303 g/mol. The second kappa shape index (κ2) is 5.27. The van der Waals surface area contributed by atoms with E-state index < -0.39 is 27.2 Å². The molecule has 0 radical (unpaired) electrons. The highest BCUT2D eigenvalue weighted by Crippen LogP contribution is 2.23. The van der Waals surface area contributed by atoms with E-state index in [0.717, 1.165) is 24.3 Å². The van der Waals surface area contributed by atoms with Gasteiger partial charge in [-0.1, -0.05) is 17.7 Å². The van der Waals surface area contributed by atoms with Crippen LogP contribution >= 0.6 is 11.6 Å². The predicted molar refractivity (Wildman–Crippen MR) is 68.7 cm³/mol.